The Kier molecular flexibility index (Phi) is 11.2. The zero-order valence-electron chi connectivity index (χ0n) is 34.1. The third-order valence-electron chi connectivity index (χ3n) is 10.7. The van der Waals surface area contributed by atoms with Crippen LogP contribution in [0.15, 0.2) is 137 Å². The number of amidine groups is 2. The van der Waals surface area contributed by atoms with Crippen molar-refractivity contribution in [3.63, 3.8) is 0 Å². The second kappa shape index (κ2) is 17.1. The molecular weight excluding hydrogens is 767 g/mol. The van der Waals surface area contributed by atoms with E-state index in [2.05, 4.69) is 69.1 Å². The van der Waals surface area contributed by atoms with Crippen LogP contribution < -0.4 is 15.6 Å². The minimum atomic E-state index is -0.362. The lowest BCUT2D eigenvalue weighted by atomic mass is 9.78. The number of rotatable bonds is 7. The summed E-state index contributed by atoms with van der Waals surface area (Å²) in [5.74, 6) is 9.98. The average Bonchev–Trinajstić information content (AvgIpc) is 4.12. The highest BCUT2D eigenvalue weighted by atomic mass is 16.5. The van der Waals surface area contributed by atoms with Crippen molar-refractivity contribution in [3.8, 4) is 46.8 Å². The molecule has 3 N–H and O–H groups in total. The SMILES string of the molecule is CN(C)CC#Cc1ccc(C2C(C#N)=C(c3ccc(O)cc3)N=C3NN=CC32)o1.COc1ccc(C2=C(C#N)C(c3ccc(-c4ccc(C)cc4)o3)C3C(C)=NNC3=N2)cc1. The van der Waals surface area contributed by atoms with Crippen molar-refractivity contribution in [1.29, 1.82) is 10.5 Å². The Morgan fingerprint density at radius 1 is 0.721 bits per heavy atom. The van der Waals surface area contributed by atoms with Crippen molar-refractivity contribution >= 4 is 35.0 Å². The number of methoxy groups -OCH3 is 1. The van der Waals surface area contributed by atoms with Crippen molar-refractivity contribution in [2.75, 3.05) is 27.7 Å². The summed E-state index contributed by atoms with van der Waals surface area (Å²) in [6.45, 7) is 4.63. The summed E-state index contributed by atoms with van der Waals surface area (Å²) in [6.07, 6.45) is 1.74. The number of nitrogens with one attached hydrogen (secondary N) is 2. The molecule has 0 fully saturated rings. The number of hydrogen-bond donors (Lipinski definition) is 3. The Labute approximate surface area is 353 Å². The Hall–Kier alpha value is -7.92. The van der Waals surface area contributed by atoms with Gasteiger partial charge in [0, 0.05) is 28.6 Å². The van der Waals surface area contributed by atoms with Gasteiger partial charge in [-0.2, -0.15) is 20.7 Å². The molecule has 4 unspecified atom stereocenters. The van der Waals surface area contributed by atoms with E-state index in [1.807, 2.05) is 86.6 Å². The second-order valence-electron chi connectivity index (χ2n) is 15.0. The summed E-state index contributed by atoms with van der Waals surface area (Å²) >= 11 is 0. The summed E-state index contributed by atoms with van der Waals surface area (Å²) < 4.78 is 17.6. The highest BCUT2D eigenvalue weighted by molar-refractivity contribution is 6.13. The maximum atomic E-state index is 10.2. The fourth-order valence-electron chi connectivity index (χ4n) is 7.59. The number of aliphatic imine (C=N–C) groups is 2. The first-order chi connectivity index (χ1) is 29.6. The molecule has 0 saturated heterocycles. The molecule has 0 saturated carbocycles. The smallest absolute Gasteiger partial charge is 0.177 e. The van der Waals surface area contributed by atoms with Crippen molar-refractivity contribution in [1.82, 2.24) is 15.8 Å². The molecule has 61 heavy (non-hydrogen) atoms. The molecule has 302 valence electrons. The Morgan fingerprint density at radius 2 is 1.34 bits per heavy atom. The monoisotopic (exact) mass is 807 g/mol. The van der Waals surface area contributed by atoms with E-state index in [4.69, 9.17) is 18.6 Å². The van der Waals surface area contributed by atoms with Crippen LogP contribution in [0.2, 0.25) is 0 Å². The summed E-state index contributed by atoms with van der Waals surface area (Å²) in [5.41, 5.74) is 12.8. The lowest BCUT2D eigenvalue weighted by Crippen LogP contribution is -2.32. The summed E-state index contributed by atoms with van der Waals surface area (Å²) in [5, 5.41) is 38.3. The van der Waals surface area contributed by atoms with E-state index in [1.165, 1.54) is 5.56 Å². The van der Waals surface area contributed by atoms with E-state index in [-0.39, 0.29) is 29.4 Å². The molecule has 0 radical (unpaired) electrons. The molecule has 3 aromatic carbocycles. The molecule has 6 heterocycles. The van der Waals surface area contributed by atoms with Gasteiger partial charge in [0.2, 0.25) is 0 Å². The predicted molar refractivity (Wildman–Crippen MR) is 234 cm³/mol. The lowest BCUT2D eigenvalue weighted by molar-refractivity contribution is 0.415. The molecule has 0 spiro atoms. The van der Waals surface area contributed by atoms with Crippen LogP contribution >= 0.6 is 0 Å². The standard InChI is InChI=1S/C26H22N4O2.C22H19N5O2/c1-15-4-6-17(7-5-15)21-12-13-22(32-21)24-20(14-27)25(18-8-10-19(31-3)11-9-18)28-26-23(24)16(2)29-30-26;1-27(2)11-3-4-16-9-10-19(29-16)20-17(12-23)21(14-5-7-15(28)8-6-14)25-22-18(20)13-24-26-22/h4-13,23-24H,1-3H3,(H,28,30);5-10,13,18,20,28H,11H2,1-2H3,(H,25,26). The van der Waals surface area contributed by atoms with Crippen LogP contribution in [0.3, 0.4) is 0 Å². The van der Waals surface area contributed by atoms with E-state index < -0.39 is 0 Å². The van der Waals surface area contributed by atoms with Gasteiger partial charge in [0.1, 0.15) is 40.5 Å². The van der Waals surface area contributed by atoms with Crippen molar-refractivity contribution in [2.24, 2.45) is 32.0 Å². The zero-order chi connectivity index (χ0) is 42.6. The number of ether oxygens (including phenoxy) is 1. The number of allylic oxidation sites excluding steroid dienone is 2. The van der Waals surface area contributed by atoms with Crippen LogP contribution in [-0.2, 0) is 0 Å². The number of aryl methyl sites for hydroxylation is 1. The number of nitriles is 2. The van der Waals surface area contributed by atoms with Crippen molar-refractivity contribution < 1.29 is 18.7 Å². The van der Waals surface area contributed by atoms with Gasteiger partial charge in [-0.3, -0.25) is 15.8 Å². The van der Waals surface area contributed by atoms with E-state index in [0.717, 1.165) is 45.5 Å². The molecule has 13 nitrogen and oxygen atoms in total. The normalized spacial score (nSPS) is 19.7. The van der Waals surface area contributed by atoms with Crippen LogP contribution in [-0.4, -0.2) is 61.4 Å². The Balaban J connectivity index is 0.000000169. The number of nitrogens with zero attached hydrogens (tertiary/aromatic N) is 7. The third-order valence-corrected chi connectivity index (χ3v) is 10.7. The summed E-state index contributed by atoms with van der Waals surface area (Å²) in [6, 6.07) is 34.7. The number of hydrazone groups is 2. The minimum Gasteiger partial charge on any atom is -0.508 e. The molecule has 4 aliphatic heterocycles. The number of phenolic OH excluding ortho intramolecular Hbond substituents is 1. The predicted octanol–water partition coefficient (Wildman–Crippen LogP) is 7.82. The van der Waals surface area contributed by atoms with Crippen molar-refractivity contribution in [3.05, 3.63) is 142 Å². The Bertz CT molecular complexity index is 2810. The van der Waals surface area contributed by atoms with Crippen LogP contribution in [0, 0.1) is 53.3 Å². The second-order valence-corrected chi connectivity index (χ2v) is 15.0. The third kappa shape index (κ3) is 8.09. The number of fused-ring (bicyclic) bond motifs is 2. The number of aromatic hydroxyl groups is 1. The van der Waals surface area contributed by atoms with Crippen LogP contribution in [0.5, 0.6) is 11.5 Å². The largest absolute Gasteiger partial charge is 0.508 e. The van der Waals surface area contributed by atoms with E-state index in [0.29, 0.717) is 46.4 Å². The number of phenols is 1. The highest BCUT2D eigenvalue weighted by Crippen LogP contribution is 2.45. The zero-order valence-corrected chi connectivity index (χ0v) is 34.1. The Morgan fingerprint density at radius 3 is 2.02 bits per heavy atom. The van der Waals surface area contributed by atoms with Gasteiger partial charge in [-0.1, -0.05) is 35.7 Å². The fourth-order valence-corrected chi connectivity index (χ4v) is 7.59. The first-order valence-electron chi connectivity index (χ1n) is 19.5. The molecule has 0 aliphatic carbocycles. The van der Waals surface area contributed by atoms with Crippen LogP contribution in [0.4, 0.5) is 0 Å². The summed E-state index contributed by atoms with van der Waals surface area (Å²) in [7, 11) is 5.53. The molecular formula is C48H41N9O4. The van der Waals surface area contributed by atoms with E-state index in [9.17, 15) is 15.6 Å². The maximum Gasteiger partial charge on any atom is 0.177 e. The van der Waals surface area contributed by atoms with Gasteiger partial charge in [-0.05, 0) is 107 Å². The number of furan rings is 2. The molecule has 5 aromatic rings. The average molecular weight is 808 g/mol. The highest BCUT2D eigenvalue weighted by Gasteiger charge is 2.43. The van der Waals surface area contributed by atoms with Gasteiger partial charge in [0.25, 0.3) is 0 Å². The molecule has 2 aromatic heterocycles. The van der Waals surface area contributed by atoms with Gasteiger partial charge in [0.05, 0.1) is 72.0 Å². The van der Waals surface area contributed by atoms with Gasteiger partial charge in [-0.25, -0.2) is 9.98 Å². The van der Waals surface area contributed by atoms with Gasteiger partial charge in [0.15, 0.2) is 5.76 Å². The van der Waals surface area contributed by atoms with Crippen molar-refractivity contribution in [2.45, 2.75) is 25.7 Å². The van der Waals surface area contributed by atoms with Gasteiger partial charge < -0.3 is 18.7 Å². The maximum absolute atomic E-state index is 10.2. The molecule has 4 aliphatic rings. The molecule has 13 heteroatoms. The first kappa shape index (κ1) is 39.9. The molecule has 0 bridgehead atoms. The van der Waals surface area contributed by atoms with Gasteiger partial charge in [-0.15, -0.1) is 0 Å². The quantitative estimate of drug-likeness (QED) is 0.138. The van der Waals surface area contributed by atoms with E-state index >= 15 is 0 Å². The molecule has 9 rings (SSSR count). The lowest BCUT2D eigenvalue weighted by Gasteiger charge is -2.27. The van der Waals surface area contributed by atoms with E-state index in [1.54, 1.807) is 37.6 Å². The summed E-state index contributed by atoms with van der Waals surface area (Å²) in [4.78, 5) is 11.4. The first-order valence-corrected chi connectivity index (χ1v) is 19.5. The molecule has 4 atom stereocenters. The minimum absolute atomic E-state index is 0.153. The molecule has 0 amide bonds. The van der Waals surface area contributed by atoms with Crippen LogP contribution in [0.1, 0.15) is 52.7 Å². The number of benzene rings is 3. The van der Waals surface area contributed by atoms with Crippen LogP contribution in [0.25, 0.3) is 22.7 Å². The number of hydrogen-bond acceptors (Lipinski definition) is 13. The fraction of sp³-hybridized carbons (Fsp3) is 0.208. The topological polar surface area (TPSA) is 180 Å². The van der Waals surface area contributed by atoms with Gasteiger partial charge >= 0.3 is 0 Å².